The van der Waals surface area contributed by atoms with E-state index in [4.69, 9.17) is 9.31 Å². The molecule has 134 valence electrons. The molecule has 0 radical (unpaired) electrons. The molecule has 0 spiro atoms. The second-order valence-corrected chi connectivity index (χ2v) is 9.73. The number of hydrogen-bond donors (Lipinski definition) is 2. The Bertz CT molecular complexity index is 699. The van der Waals surface area contributed by atoms with Crippen LogP contribution in [0.15, 0.2) is 16.3 Å². The SMILES string of the molecule is CC(=O)NCCNS(=O)(=O)c1ccc(B2OC(C)(C)C(C)(C)O2)s1. The van der Waals surface area contributed by atoms with Crippen LogP contribution in [0.25, 0.3) is 0 Å². The third-order valence-electron chi connectivity index (χ3n) is 4.14. The van der Waals surface area contributed by atoms with Gasteiger partial charge in [0.2, 0.25) is 15.9 Å². The number of amides is 1. The summed E-state index contributed by atoms with van der Waals surface area (Å²) in [7, 11) is -4.20. The number of carbonyl (C=O) groups excluding carboxylic acids is 1. The van der Waals surface area contributed by atoms with Gasteiger partial charge in [-0.2, -0.15) is 0 Å². The van der Waals surface area contributed by atoms with Crippen molar-refractivity contribution in [2.24, 2.45) is 0 Å². The van der Waals surface area contributed by atoms with Gasteiger partial charge >= 0.3 is 7.12 Å². The van der Waals surface area contributed by atoms with Crippen LogP contribution in [0.1, 0.15) is 34.6 Å². The number of rotatable bonds is 6. The van der Waals surface area contributed by atoms with E-state index in [2.05, 4.69) is 10.0 Å². The van der Waals surface area contributed by atoms with E-state index in [9.17, 15) is 13.2 Å². The van der Waals surface area contributed by atoms with Crippen molar-refractivity contribution in [3.05, 3.63) is 12.1 Å². The Morgan fingerprint density at radius 3 is 2.29 bits per heavy atom. The molecule has 1 fully saturated rings. The predicted molar refractivity (Wildman–Crippen MR) is 93.9 cm³/mol. The topological polar surface area (TPSA) is 93.7 Å². The molecule has 24 heavy (non-hydrogen) atoms. The van der Waals surface area contributed by atoms with E-state index >= 15 is 0 Å². The molecule has 1 aliphatic rings. The maximum absolute atomic E-state index is 12.3. The van der Waals surface area contributed by atoms with E-state index in [-0.39, 0.29) is 23.2 Å². The molecule has 1 amide bonds. The molecule has 7 nitrogen and oxygen atoms in total. The smallest absolute Gasteiger partial charge is 0.399 e. The number of carbonyl (C=O) groups is 1. The minimum atomic E-state index is -3.62. The van der Waals surface area contributed by atoms with Crippen molar-refractivity contribution in [3.8, 4) is 0 Å². The highest BCUT2D eigenvalue weighted by Gasteiger charge is 2.52. The van der Waals surface area contributed by atoms with Crippen LogP contribution in [0.2, 0.25) is 0 Å². The summed E-state index contributed by atoms with van der Waals surface area (Å²) in [5.74, 6) is -0.201. The molecule has 10 heteroatoms. The zero-order valence-corrected chi connectivity index (χ0v) is 16.1. The molecule has 1 aromatic heterocycles. The lowest BCUT2D eigenvalue weighted by atomic mass is 9.88. The third-order valence-corrected chi connectivity index (χ3v) is 7.20. The van der Waals surface area contributed by atoms with Gasteiger partial charge in [0.05, 0.1) is 11.2 Å². The van der Waals surface area contributed by atoms with Crippen molar-refractivity contribution in [2.45, 2.75) is 50.0 Å². The van der Waals surface area contributed by atoms with Crippen LogP contribution in [0.3, 0.4) is 0 Å². The van der Waals surface area contributed by atoms with Crippen molar-refractivity contribution in [1.29, 1.82) is 0 Å². The number of thiophene rings is 1. The van der Waals surface area contributed by atoms with E-state index in [1.54, 1.807) is 6.07 Å². The van der Waals surface area contributed by atoms with E-state index in [1.807, 2.05) is 27.7 Å². The molecule has 2 N–H and O–H groups in total. The quantitative estimate of drug-likeness (QED) is 0.558. The molecule has 1 aliphatic heterocycles. The van der Waals surface area contributed by atoms with Crippen LogP contribution >= 0.6 is 11.3 Å². The Labute approximate surface area is 147 Å². The lowest BCUT2D eigenvalue weighted by Crippen LogP contribution is -2.41. The second-order valence-electron chi connectivity index (χ2n) is 6.63. The molecule has 0 aromatic carbocycles. The first-order chi connectivity index (χ1) is 10.9. The Balaban J connectivity index is 2.04. The molecule has 1 saturated heterocycles. The molecule has 0 unspecified atom stereocenters. The van der Waals surface area contributed by atoms with Gasteiger partial charge in [0.1, 0.15) is 4.21 Å². The van der Waals surface area contributed by atoms with E-state index < -0.39 is 28.3 Å². The van der Waals surface area contributed by atoms with Gasteiger partial charge < -0.3 is 14.6 Å². The molecule has 1 aromatic rings. The predicted octanol–water partition coefficient (Wildman–Crippen LogP) is 0.462. The summed E-state index contributed by atoms with van der Waals surface area (Å²) < 4.78 is 39.7. The summed E-state index contributed by atoms with van der Waals surface area (Å²) in [5, 5.41) is 2.54. The van der Waals surface area contributed by atoms with Crippen LogP contribution in [0.5, 0.6) is 0 Å². The summed E-state index contributed by atoms with van der Waals surface area (Å²) in [6.07, 6.45) is 0. The minimum absolute atomic E-state index is 0.131. The minimum Gasteiger partial charge on any atom is -0.399 e. The average molecular weight is 374 g/mol. The van der Waals surface area contributed by atoms with Gasteiger partial charge in [0.25, 0.3) is 0 Å². The molecule has 0 saturated carbocycles. The standard InChI is InChI=1S/C14H23BN2O5S2/c1-10(18)16-8-9-17-24(19,20)12-7-6-11(23-12)15-21-13(2,3)14(4,5)22-15/h6-7,17H,8-9H2,1-5H3,(H,16,18). The second kappa shape index (κ2) is 6.76. The summed E-state index contributed by atoms with van der Waals surface area (Å²) in [5.41, 5.74) is -0.950. The summed E-state index contributed by atoms with van der Waals surface area (Å²) in [4.78, 5) is 10.8. The lowest BCUT2D eigenvalue weighted by molar-refractivity contribution is -0.118. The van der Waals surface area contributed by atoms with E-state index in [1.165, 1.54) is 13.0 Å². The number of sulfonamides is 1. The van der Waals surface area contributed by atoms with Crippen LogP contribution in [-0.2, 0) is 24.1 Å². The molecular formula is C14H23BN2O5S2. The first kappa shape index (κ1) is 19.4. The molecular weight excluding hydrogens is 351 g/mol. The monoisotopic (exact) mass is 374 g/mol. The summed E-state index contributed by atoms with van der Waals surface area (Å²) in [6.45, 7) is 9.54. The highest BCUT2D eigenvalue weighted by atomic mass is 32.2. The van der Waals surface area contributed by atoms with Crippen LogP contribution < -0.4 is 14.8 Å². The van der Waals surface area contributed by atoms with Gasteiger partial charge in [0.15, 0.2) is 0 Å². The Kier molecular flexibility index (Phi) is 5.46. The summed E-state index contributed by atoms with van der Waals surface area (Å²) >= 11 is 1.12. The third kappa shape index (κ3) is 4.18. The van der Waals surface area contributed by atoms with Gasteiger partial charge in [-0.05, 0) is 33.8 Å². The van der Waals surface area contributed by atoms with Gasteiger partial charge in [-0.15, -0.1) is 11.3 Å². The molecule has 0 bridgehead atoms. The molecule has 0 aliphatic carbocycles. The Morgan fingerprint density at radius 1 is 1.17 bits per heavy atom. The van der Waals surface area contributed by atoms with Crippen molar-refractivity contribution >= 4 is 39.2 Å². The van der Waals surface area contributed by atoms with Crippen LogP contribution in [0, 0.1) is 0 Å². The van der Waals surface area contributed by atoms with Gasteiger partial charge in [-0.3, -0.25) is 4.79 Å². The van der Waals surface area contributed by atoms with Crippen molar-refractivity contribution in [3.63, 3.8) is 0 Å². The highest BCUT2D eigenvalue weighted by molar-refractivity contribution is 7.91. The fourth-order valence-corrected chi connectivity index (χ4v) is 4.42. The molecule has 2 rings (SSSR count). The van der Waals surface area contributed by atoms with Crippen molar-refractivity contribution in [2.75, 3.05) is 13.1 Å². The Hall–Kier alpha value is -0.935. The summed E-state index contributed by atoms with van der Waals surface area (Å²) in [6, 6.07) is 3.24. The van der Waals surface area contributed by atoms with Crippen molar-refractivity contribution in [1.82, 2.24) is 10.0 Å². The highest BCUT2D eigenvalue weighted by Crippen LogP contribution is 2.37. The van der Waals surface area contributed by atoms with Crippen LogP contribution in [-0.4, -0.2) is 45.7 Å². The number of nitrogens with one attached hydrogen (secondary N) is 2. The van der Waals surface area contributed by atoms with Gasteiger partial charge in [-0.25, -0.2) is 13.1 Å². The first-order valence-corrected chi connectivity index (χ1v) is 9.94. The fourth-order valence-electron chi connectivity index (χ4n) is 2.06. The maximum Gasteiger partial charge on any atom is 0.505 e. The lowest BCUT2D eigenvalue weighted by Gasteiger charge is -2.32. The Morgan fingerprint density at radius 2 is 1.75 bits per heavy atom. The zero-order chi connectivity index (χ0) is 18.2. The van der Waals surface area contributed by atoms with Gasteiger partial charge in [-0.1, -0.05) is 6.07 Å². The first-order valence-electron chi connectivity index (χ1n) is 7.64. The zero-order valence-electron chi connectivity index (χ0n) is 14.5. The average Bonchev–Trinajstić information content (AvgIpc) is 2.99. The van der Waals surface area contributed by atoms with E-state index in [0.29, 0.717) is 4.78 Å². The van der Waals surface area contributed by atoms with Crippen LogP contribution in [0.4, 0.5) is 0 Å². The number of hydrogen-bond acceptors (Lipinski definition) is 6. The maximum atomic E-state index is 12.3. The van der Waals surface area contributed by atoms with Gasteiger partial charge in [0, 0.05) is 24.8 Å². The normalized spacial score (nSPS) is 19.5. The largest absolute Gasteiger partial charge is 0.505 e. The molecule has 2 heterocycles. The van der Waals surface area contributed by atoms with Crippen molar-refractivity contribution < 1.29 is 22.5 Å². The fraction of sp³-hybridized carbons (Fsp3) is 0.643. The molecule has 0 atom stereocenters. The van der Waals surface area contributed by atoms with E-state index in [0.717, 1.165) is 11.3 Å².